The molecule has 0 bridgehead atoms. The Balaban J connectivity index is 2.44. The fraction of sp³-hybridized carbons (Fsp3) is 0.417. The number of benzene rings is 1. The maximum atomic E-state index is 13.1. The third-order valence-corrected chi connectivity index (χ3v) is 2.00. The van der Waals surface area contributed by atoms with Gasteiger partial charge in [-0.25, -0.2) is 4.39 Å². The first kappa shape index (κ1) is 13.3. The highest BCUT2D eigenvalue weighted by Gasteiger charge is 2.06. The van der Waals surface area contributed by atoms with E-state index in [1.165, 1.54) is 25.3 Å². The van der Waals surface area contributed by atoms with Crippen molar-refractivity contribution in [2.45, 2.75) is 13.3 Å². The van der Waals surface area contributed by atoms with Crippen molar-refractivity contribution in [3.05, 3.63) is 24.0 Å². The molecule has 0 spiro atoms. The fourth-order valence-corrected chi connectivity index (χ4v) is 1.22. The molecule has 0 radical (unpaired) electrons. The molecule has 0 N–H and O–H groups in total. The maximum absolute atomic E-state index is 13.1. The standard InChI is InChI=1S/C12H15FO4/c1-3-16-12(14)6-7-17-9-4-5-10(13)11(8-9)15-2/h4-5,8H,3,6-7H2,1-2H3. The van der Waals surface area contributed by atoms with Crippen LogP contribution in [0.2, 0.25) is 0 Å². The second-order valence-electron chi connectivity index (χ2n) is 3.20. The SMILES string of the molecule is CCOC(=O)CCOc1ccc(F)c(OC)c1. The molecule has 4 nitrogen and oxygen atoms in total. The van der Waals surface area contributed by atoms with Gasteiger partial charge in [0.2, 0.25) is 0 Å². The molecule has 17 heavy (non-hydrogen) atoms. The number of carbonyl (C=O) groups is 1. The van der Waals surface area contributed by atoms with Gasteiger partial charge in [0, 0.05) is 6.07 Å². The topological polar surface area (TPSA) is 44.8 Å². The van der Waals surface area contributed by atoms with Gasteiger partial charge in [-0.3, -0.25) is 4.79 Å². The maximum Gasteiger partial charge on any atom is 0.309 e. The van der Waals surface area contributed by atoms with Crippen LogP contribution in [0, 0.1) is 5.82 Å². The fourth-order valence-electron chi connectivity index (χ4n) is 1.22. The molecule has 0 heterocycles. The van der Waals surface area contributed by atoms with E-state index in [4.69, 9.17) is 14.2 Å². The van der Waals surface area contributed by atoms with E-state index in [9.17, 15) is 9.18 Å². The molecule has 94 valence electrons. The molecule has 1 rings (SSSR count). The van der Waals surface area contributed by atoms with Crippen LogP contribution in [0.1, 0.15) is 13.3 Å². The summed E-state index contributed by atoms with van der Waals surface area (Å²) in [7, 11) is 1.38. The molecule has 0 aliphatic carbocycles. The molecule has 0 amide bonds. The Labute approximate surface area is 99.3 Å². The van der Waals surface area contributed by atoms with Crippen molar-refractivity contribution in [3.8, 4) is 11.5 Å². The summed E-state index contributed by atoms with van der Waals surface area (Å²) in [5, 5.41) is 0. The lowest BCUT2D eigenvalue weighted by Gasteiger charge is -2.08. The van der Waals surface area contributed by atoms with Crippen LogP contribution in [0.25, 0.3) is 0 Å². The van der Waals surface area contributed by atoms with Gasteiger partial charge in [0.15, 0.2) is 11.6 Å². The minimum Gasteiger partial charge on any atom is -0.494 e. The number of carbonyl (C=O) groups excluding carboxylic acids is 1. The lowest BCUT2D eigenvalue weighted by Crippen LogP contribution is -2.09. The van der Waals surface area contributed by atoms with Crippen molar-refractivity contribution < 1.29 is 23.4 Å². The van der Waals surface area contributed by atoms with Crippen LogP contribution in [-0.4, -0.2) is 26.3 Å². The number of halogens is 1. The number of ether oxygens (including phenoxy) is 3. The van der Waals surface area contributed by atoms with E-state index in [1.807, 2.05) is 0 Å². The minimum atomic E-state index is -0.453. The molecule has 0 atom stereocenters. The van der Waals surface area contributed by atoms with Crippen LogP contribution in [0.4, 0.5) is 4.39 Å². The highest BCUT2D eigenvalue weighted by Crippen LogP contribution is 2.23. The molecule has 0 saturated heterocycles. The Hall–Kier alpha value is -1.78. The molecule has 0 unspecified atom stereocenters. The third-order valence-electron chi connectivity index (χ3n) is 2.00. The molecule has 0 fully saturated rings. The molecular formula is C12H15FO4. The monoisotopic (exact) mass is 242 g/mol. The summed E-state index contributed by atoms with van der Waals surface area (Å²) in [6.07, 6.45) is 0.160. The first-order chi connectivity index (χ1) is 8.17. The number of esters is 1. The second kappa shape index (κ2) is 6.73. The quantitative estimate of drug-likeness (QED) is 0.717. The van der Waals surface area contributed by atoms with E-state index in [-0.39, 0.29) is 24.7 Å². The van der Waals surface area contributed by atoms with Gasteiger partial charge in [-0.15, -0.1) is 0 Å². The van der Waals surface area contributed by atoms with Gasteiger partial charge in [-0.1, -0.05) is 0 Å². The van der Waals surface area contributed by atoms with E-state index < -0.39 is 5.82 Å². The van der Waals surface area contributed by atoms with E-state index in [2.05, 4.69) is 0 Å². The van der Waals surface area contributed by atoms with E-state index in [0.717, 1.165) is 0 Å². The highest BCUT2D eigenvalue weighted by molar-refractivity contribution is 5.69. The van der Waals surface area contributed by atoms with Gasteiger partial charge in [-0.05, 0) is 19.1 Å². The van der Waals surface area contributed by atoms with E-state index in [0.29, 0.717) is 12.4 Å². The van der Waals surface area contributed by atoms with E-state index in [1.54, 1.807) is 6.92 Å². The smallest absolute Gasteiger partial charge is 0.309 e. The zero-order valence-corrected chi connectivity index (χ0v) is 9.86. The summed E-state index contributed by atoms with van der Waals surface area (Å²) in [5.74, 6) is -0.210. The molecule has 1 aromatic rings. The molecule has 0 saturated carbocycles. The lowest BCUT2D eigenvalue weighted by molar-refractivity contribution is -0.143. The molecule has 0 aliphatic rings. The number of rotatable bonds is 6. The Bertz CT molecular complexity index is 379. The van der Waals surface area contributed by atoms with Gasteiger partial charge in [0.25, 0.3) is 0 Å². The van der Waals surface area contributed by atoms with Crippen LogP contribution in [0.15, 0.2) is 18.2 Å². The molecule has 0 aliphatic heterocycles. The van der Waals surface area contributed by atoms with Crippen LogP contribution in [0.3, 0.4) is 0 Å². The van der Waals surface area contributed by atoms with Crippen molar-refractivity contribution in [2.75, 3.05) is 20.3 Å². The summed E-state index contributed by atoms with van der Waals surface area (Å²) in [5.41, 5.74) is 0. The van der Waals surface area contributed by atoms with Crippen molar-refractivity contribution in [2.24, 2.45) is 0 Å². The highest BCUT2D eigenvalue weighted by atomic mass is 19.1. The molecule has 5 heteroatoms. The third kappa shape index (κ3) is 4.30. The molecule has 1 aromatic carbocycles. The van der Waals surface area contributed by atoms with Crippen molar-refractivity contribution in [1.82, 2.24) is 0 Å². The molecular weight excluding hydrogens is 227 g/mol. The van der Waals surface area contributed by atoms with Gasteiger partial charge >= 0.3 is 5.97 Å². The predicted molar refractivity (Wildman–Crippen MR) is 59.7 cm³/mol. The lowest BCUT2D eigenvalue weighted by atomic mass is 10.3. The Morgan fingerprint density at radius 1 is 1.41 bits per heavy atom. The van der Waals surface area contributed by atoms with Crippen LogP contribution < -0.4 is 9.47 Å². The van der Waals surface area contributed by atoms with Crippen LogP contribution >= 0.6 is 0 Å². The van der Waals surface area contributed by atoms with E-state index >= 15 is 0 Å². The second-order valence-corrected chi connectivity index (χ2v) is 3.20. The average Bonchev–Trinajstić information content (AvgIpc) is 2.31. The summed E-state index contributed by atoms with van der Waals surface area (Å²) in [4.78, 5) is 11.0. The zero-order chi connectivity index (χ0) is 12.7. The Kier molecular flexibility index (Phi) is 5.26. The van der Waals surface area contributed by atoms with Crippen LogP contribution in [0.5, 0.6) is 11.5 Å². The zero-order valence-electron chi connectivity index (χ0n) is 9.86. The van der Waals surface area contributed by atoms with Gasteiger partial charge in [0.1, 0.15) is 5.75 Å². The largest absolute Gasteiger partial charge is 0.494 e. The van der Waals surface area contributed by atoms with Crippen LogP contribution in [-0.2, 0) is 9.53 Å². The number of methoxy groups -OCH3 is 1. The van der Waals surface area contributed by atoms with Crippen molar-refractivity contribution in [3.63, 3.8) is 0 Å². The van der Waals surface area contributed by atoms with Crippen molar-refractivity contribution >= 4 is 5.97 Å². The van der Waals surface area contributed by atoms with Crippen molar-refractivity contribution in [1.29, 1.82) is 0 Å². The summed E-state index contributed by atoms with van der Waals surface area (Å²) in [6.45, 7) is 2.28. The summed E-state index contributed by atoms with van der Waals surface area (Å²) >= 11 is 0. The normalized spacial score (nSPS) is 9.82. The van der Waals surface area contributed by atoms with Gasteiger partial charge in [0.05, 0.1) is 26.7 Å². The minimum absolute atomic E-state index is 0.110. The number of hydrogen-bond acceptors (Lipinski definition) is 4. The Morgan fingerprint density at radius 3 is 2.82 bits per heavy atom. The predicted octanol–water partition coefficient (Wildman–Crippen LogP) is 2.17. The number of hydrogen-bond donors (Lipinski definition) is 0. The first-order valence-electron chi connectivity index (χ1n) is 5.29. The first-order valence-corrected chi connectivity index (χ1v) is 5.29. The summed E-state index contributed by atoms with van der Waals surface area (Å²) < 4.78 is 27.9. The van der Waals surface area contributed by atoms with Gasteiger partial charge in [-0.2, -0.15) is 0 Å². The Morgan fingerprint density at radius 2 is 2.18 bits per heavy atom. The average molecular weight is 242 g/mol. The summed E-state index contributed by atoms with van der Waals surface area (Å²) in [6, 6.07) is 4.15. The molecule has 0 aromatic heterocycles. The van der Waals surface area contributed by atoms with Gasteiger partial charge < -0.3 is 14.2 Å².